The zero-order chi connectivity index (χ0) is 17.6. The standard InChI is InChI=1S/C18H15ClN2O3S/c19-11-6-9-15-14(10-11)17(16(21-15)18(22)20-12-7-8-12)25(23,24)13-4-2-1-3-5-13/h1-6,9-10,12,21H,7-8H2,(H,20,22). The molecule has 0 radical (unpaired) electrons. The molecule has 0 bridgehead atoms. The number of benzene rings is 2. The van der Waals surface area contributed by atoms with Crippen molar-refractivity contribution in [3.05, 3.63) is 59.2 Å². The van der Waals surface area contributed by atoms with E-state index in [1.165, 1.54) is 12.1 Å². The van der Waals surface area contributed by atoms with Crippen LogP contribution in [0.3, 0.4) is 0 Å². The lowest BCUT2D eigenvalue weighted by Crippen LogP contribution is -2.27. The van der Waals surface area contributed by atoms with E-state index in [4.69, 9.17) is 11.6 Å². The quantitative estimate of drug-likeness (QED) is 0.733. The summed E-state index contributed by atoms with van der Waals surface area (Å²) in [4.78, 5) is 15.7. The molecule has 2 aromatic carbocycles. The first-order chi connectivity index (χ1) is 12.0. The van der Waals surface area contributed by atoms with E-state index in [1.807, 2.05) is 0 Å². The summed E-state index contributed by atoms with van der Waals surface area (Å²) in [7, 11) is -3.88. The molecule has 0 atom stereocenters. The van der Waals surface area contributed by atoms with Crippen molar-refractivity contribution in [1.82, 2.24) is 10.3 Å². The van der Waals surface area contributed by atoms with Crippen molar-refractivity contribution in [1.29, 1.82) is 0 Å². The fraction of sp³-hybridized carbons (Fsp3) is 0.167. The van der Waals surface area contributed by atoms with Gasteiger partial charge in [-0.2, -0.15) is 0 Å². The first-order valence-electron chi connectivity index (χ1n) is 7.89. The number of fused-ring (bicyclic) bond motifs is 1. The van der Waals surface area contributed by atoms with E-state index in [9.17, 15) is 13.2 Å². The highest BCUT2D eigenvalue weighted by Gasteiger charge is 2.32. The molecule has 1 amide bonds. The van der Waals surface area contributed by atoms with Crippen LogP contribution in [0.2, 0.25) is 5.02 Å². The average molecular weight is 375 g/mol. The minimum absolute atomic E-state index is 0.0330. The summed E-state index contributed by atoms with van der Waals surface area (Å²) in [6.45, 7) is 0. The lowest BCUT2D eigenvalue weighted by Gasteiger charge is -2.07. The SMILES string of the molecule is O=C(NC1CC1)c1[nH]c2ccc(Cl)cc2c1S(=O)(=O)c1ccccc1. The number of nitrogens with one attached hydrogen (secondary N) is 2. The third-order valence-electron chi connectivity index (χ3n) is 4.17. The van der Waals surface area contributed by atoms with Crippen LogP contribution in [0, 0.1) is 0 Å². The van der Waals surface area contributed by atoms with Crippen molar-refractivity contribution in [2.75, 3.05) is 0 Å². The van der Waals surface area contributed by atoms with Gasteiger partial charge in [0, 0.05) is 22.0 Å². The number of aromatic nitrogens is 1. The zero-order valence-electron chi connectivity index (χ0n) is 13.1. The molecule has 1 fully saturated rings. The first-order valence-corrected chi connectivity index (χ1v) is 9.75. The third-order valence-corrected chi connectivity index (χ3v) is 6.26. The molecule has 5 nitrogen and oxygen atoms in total. The fourth-order valence-corrected chi connectivity index (χ4v) is 4.58. The number of amides is 1. The van der Waals surface area contributed by atoms with E-state index in [-0.39, 0.29) is 21.5 Å². The molecule has 1 aliphatic rings. The molecule has 4 rings (SSSR count). The first kappa shape index (κ1) is 16.2. The second-order valence-electron chi connectivity index (χ2n) is 6.08. The summed E-state index contributed by atoms with van der Waals surface area (Å²) in [6.07, 6.45) is 1.83. The topological polar surface area (TPSA) is 79.0 Å². The van der Waals surface area contributed by atoms with E-state index in [0.29, 0.717) is 15.9 Å². The maximum atomic E-state index is 13.2. The predicted octanol–water partition coefficient (Wildman–Crippen LogP) is 3.55. The summed E-state index contributed by atoms with van der Waals surface area (Å²) >= 11 is 6.06. The number of hydrogen-bond donors (Lipinski definition) is 2. The van der Waals surface area contributed by atoms with Gasteiger partial charge in [-0.25, -0.2) is 8.42 Å². The van der Waals surface area contributed by atoms with Gasteiger partial charge in [0.1, 0.15) is 10.6 Å². The van der Waals surface area contributed by atoms with Crippen LogP contribution in [0.5, 0.6) is 0 Å². The molecule has 0 spiro atoms. The average Bonchev–Trinajstić information content (AvgIpc) is 3.32. The van der Waals surface area contributed by atoms with Gasteiger partial charge in [-0.3, -0.25) is 4.79 Å². The van der Waals surface area contributed by atoms with Gasteiger partial charge in [-0.15, -0.1) is 0 Å². The van der Waals surface area contributed by atoms with Gasteiger partial charge in [-0.05, 0) is 43.2 Å². The van der Waals surface area contributed by atoms with Crippen LogP contribution in [0.25, 0.3) is 10.9 Å². The Bertz CT molecular complexity index is 1070. The summed E-state index contributed by atoms with van der Waals surface area (Å²) in [5, 5.41) is 3.66. The number of sulfone groups is 1. The van der Waals surface area contributed by atoms with Crippen molar-refractivity contribution in [3.63, 3.8) is 0 Å². The molecule has 1 aliphatic carbocycles. The summed E-state index contributed by atoms with van der Waals surface area (Å²) < 4.78 is 26.4. The Balaban J connectivity index is 1.96. The Morgan fingerprint density at radius 1 is 1.12 bits per heavy atom. The number of hydrogen-bond acceptors (Lipinski definition) is 3. The molecule has 7 heteroatoms. The van der Waals surface area contributed by atoms with Crippen LogP contribution < -0.4 is 5.32 Å². The van der Waals surface area contributed by atoms with E-state index in [1.54, 1.807) is 36.4 Å². The van der Waals surface area contributed by atoms with Crippen molar-refractivity contribution in [2.24, 2.45) is 0 Å². The molecule has 2 N–H and O–H groups in total. The van der Waals surface area contributed by atoms with Gasteiger partial charge in [0.25, 0.3) is 5.91 Å². The van der Waals surface area contributed by atoms with Crippen molar-refractivity contribution < 1.29 is 13.2 Å². The molecule has 0 aliphatic heterocycles. The summed E-state index contributed by atoms with van der Waals surface area (Å²) in [5.41, 5.74) is 0.605. The van der Waals surface area contributed by atoms with Gasteiger partial charge in [-0.1, -0.05) is 29.8 Å². The van der Waals surface area contributed by atoms with Crippen LogP contribution >= 0.6 is 11.6 Å². The number of halogens is 1. The molecular formula is C18H15ClN2O3S. The van der Waals surface area contributed by atoms with Gasteiger partial charge in [0.15, 0.2) is 0 Å². The fourth-order valence-electron chi connectivity index (χ4n) is 2.78. The highest BCUT2D eigenvalue weighted by molar-refractivity contribution is 7.91. The lowest BCUT2D eigenvalue weighted by atomic mass is 10.2. The van der Waals surface area contributed by atoms with E-state index in [2.05, 4.69) is 10.3 Å². The third kappa shape index (κ3) is 2.92. The molecule has 1 heterocycles. The highest BCUT2D eigenvalue weighted by Crippen LogP contribution is 2.33. The second-order valence-corrected chi connectivity index (χ2v) is 8.41. The van der Waals surface area contributed by atoms with E-state index in [0.717, 1.165) is 12.8 Å². The largest absolute Gasteiger partial charge is 0.349 e. The van der Waals surface area contributed by atoms with Crippen LogP contribution in [0.1, 0.15) is 23.3 Å². The van der Waals surface area contributed by atoms with Crippen LogP contribution in [0.4, 0.5) is 0 Å². The molecule has 128 valence electrons. The van der Waals surface area contributed by atoms with Crippen molar-refractivity contribution in [2.45, 2.75) is 28.7 Å². The number of H-pyrrole nitrogens is 1. The monoisotopic (exact) mass is 374 g/mol. The molecule has 25 heavy (non-hydrogen) atoms. The van der Waals surface area contributed by atoms with Gasteiger partial charge >= 0.3 is 0 Å². The Kier molecular flexibility index (Phi) is 3.81. The Morgan fingerprint density at radius 2 is 1.84 bits per heavy atom. The summed E-state index contributed by atoms with van der Waals surface area (Å²) in [5.74, 6) is -0.413. The zero-order valence-corrected chi connectivity index (χ0v) is 14.7. The lowest BCUT2D eigenvalue weighted by molar-refractivity contribution is 0.0943. The van der Waals surface area contributed by atoms with Crippen LogP contribution in [-0.4, -0.2) is 25.4 Å². The van der Waals surface area contributed by atoms with Gasteiger partial charge < -0.3 is 10.3 Å². The van der Waals surface area contributed by atoms with Crippen LogP contribution in [-0.2, 0) is 9.84 Å². The van der Waals surface area contributed by atoms with Gasteiger partial charge in [0.05, 0.1) is 4.90 Å². The molecule has 0 unspecified atom stereocenters. The Morgan fingerprint density at radius 3 is 2.52 bits per heavy atom. The predicted molar refractivity (Wildman–Crippen MR) is 95.7 cm³/mol. The molecular weight excluding hydrogens is 360 g/mol. The number of rotatable bonds is 4. The second kappa shape index (κ2) is 5.89. The molecule has 3 aromatic rings. The highest BCUT2D eigenvalue weighted by atomic mass is 35.5. The van der Waals surface area contributed by atoms with E-state index >= 15 is 0 Å². The maximum absolute atomic E-state index is 13.2. The normalized spacial score (nSPS) is 14.6. The minimum atomic E-state index is -3.88. The van der Waals surface area contributed by atoms with Gasteiger partial charge in [0.2, 0.25) is 9.84 Å². The molecule has 1 saturated carbocycles. The number of carbonyl (C=O) groups is 1. The van der Waals surface area contributed by atoms with Crippen LogP contribution in [0.15, 0.2) is 58.3 Å². The summed E-state index contributed by atoms with van der Waals surface area (Å²) in [6, 6.07) is 13.1. The van der Waals surface area contributed by atoms with Crippen molar-refractivity contribution >= 4 is 38.2 Å². The van der Waals surface area contributed by atoms with E-state index < -0.39 is 15.7 Å². The Hall–Kier alpha value is -2.31. The number of carbonyl (C=O) groups excluding carboxylic acids is 1. The number of aromatic amines is 1. The van der Waals surface area contributed by atoms with Crippen molar-refractivity contribution in [3.8, 4) is 0 Å². The molecule has 1 aromatic heterocycles. The Labute approximate surface area is 149 Å². The molecule has 0 saturated heterocycles. The maximum Gasteiger partial charge on any atom is 0.269 e. The smallest absolute Gasteiger partial charge is 0.269 e. The minimum Gasteiger partial charge on any atom is -0.349 e.